The summed E-state index contributed by atoms with van der Waals surface area (Å²) in [7, 11) is 3.66. The van der Waals surface area contributed by atoms with Gasteiger partial charge in [-0.15, -0.1) is 0 Å². The standard InChI is InChI=1S/C19H19N3O/c1-14-20-18(15-7-5-4-6-8-15)13-19(21-14)22(2)16-9-11-17(23-3)12-10-16/h4-13H,1-3H3. The molecule has 3 rings (SSSR count). The Bertz CT molecular complexity index is 785. The summed E-state index contributed by atoms with van der Waals surface area (Å²) in [6.45, 7) is 1.91. The number of aromatic nitrogens is 2. The fraction of sp³-hybridized carbons (Fsp3) is 0.158. The van der Waals surface area contributed by atoms with Crippen LogP contribution in [0.15, 0.2) is 60.7 Å². The van der Waals surface area contributed by atoms with Crippen molar-refractivity contribution in [3.8, 4) is 17.0 Å². The number of hydrogen-bond acceptors (Lipinski definition) is 4. The van der Waals surface area contributed by atoms with Gasteiger partial charge in [-0.05, 0) is 31.2 Å². The van der Waals surface area contributed by atoms with Crippen LogP contribution in [0.2, 0.25) is 0 Å². The number of hydrogen-bond donors (Lipinski definition) is 0. The van der Waals surface area contributed by atoms with Gasteiger partial charge in [0, 0.05) is 24.4 Å². The minimum absolute atomic E-state index is 0.752. The van der Waals surface area contributed by atoms with Crippen molar-refractivity contribution in [3.63, 3.8) is 0 Å². The lowest BCUT2D eigenvalue weighted by Crippen LogP contribution is -2.12. The molecule has 0 N–H and O–H groups in total. The average Bonchev–Trinajstić information content (AvgIpc) is 2.61. The number of anilines is 2. The van der Waals surface area contributed by atoms with E-state index >= 15 is 0 Å². The van der Waals surface area contributed by atoms with Gasteiger partial charge in [0.25, 0.3) is 0 Å². The molecule has 0 saturated heterocycles. The highest BCUT2D eigenvalue weighted by Gasteiger charge is 2.10. The van der Waals surface area contributed by atoms with Crippen molar-refractivity contribution < 1.29 is 4.74 Å². The zero-order chi connectivity index (χ0) is 16.2. The molecule has 3 aromatic rings. The van der Waals surface area contributed by atoms with E-state index in [0.29, 0.717) is 0 Å². The van der Waals surface area contributed by atoms with Gasteiger partial charge in [0.2, 0.25) is 0 Å². The molecule has 0 radical (unpaired) electrons. The summed E-state index contributed by atoms with van der Waals surface area (Å²) >= 11 is 0. The van der Waals surface area contributed by atoms with Gasteiger partial charge in [-0.3, -0.25) is 0 Å². The molecular weight excluding hydrogens is 286 g/mol. The third-order valence-corrected chi connectivity index (χ3v) is 3.70. The van der Waals surface area contributed by atoms with E-state index in [1.54, 1.807) is 7.11 Å². The van der Waals surface area contributed by atoms with Crippen LogP contribution in [-0.4, -0.2) is 24.1 Å². The summed E-state index contributed by atoms with van der Waals surface area (Å²) in [6, 6.07) is 20.1. The van der Waals surface area contributed by atoms with E-state index in [2.05, 4.69) is 22.1 Å². The minimum Gasteiger partial charge on any atom is -0.497 e. The Labute approximate surface area is 136 Å². The van der Waals surface area contributed by atoms with Gasteiger partial charge < -0.3 is 9.64 Å². The smallest absolute Gasteiger partial charge is 0.137 e. The zero-order valence-corrected chi connectivity index (χ0v) is 13.5. The lowest BCUT2D eigenvalue weighted by molar-refractivity contribution is 0.415. The van der Waals surface area contributed by atoms with Crippen molar-refractivity contribution in [3.05, 3.63) is 66.5 Å². The number of ether oxygens (including phenoxy) is 1. The van der Waals surface area contributed by atoms with Crippen LogP contribution in [0.3, 0.4) is 0 Å². The fourth-order valence-corrected chi connectivity index (χ4v) is 2.42. The normalized spacial score (nSPS) is 10.4. The molecule has 0 aliphatic heterocycles. The van der Waals surface area contributed by atoms with Gasteiger partial charge in [0.15, 0.2) is 0 Å². The first kappa shape index (κ1) is 15.0. The van der Waals surface area contributed by atoms with Crippen molar-refractivity contribution in [2.45, 2.75) is 6.92 Å². The molecule has 0 atom stereocenters. The molecule has 4 heteroatoms. The first-order valence-corrected chi connectivity index (χ1v) is 7.46. The maximum atomic E-state index is 5.21. The SMILES string of the molecule is COc1ccc(N(C)c2cc(-c3ccccc3)nc(C)n2)cc1. The summed E-state index contributed by atoms with van der Waals surface area (Å²) in [5.41, 5.74) is 3.05. The average molecular weight is 305 g/mol. The molecule has 0 fully saturated rings. The molecule has 0 bridgehead atoms. The Hall–Kier alpha value is -2.88. The number of methoxy groups -OCH3 is 1. The van der Waals surface area contributed by atoms with Crippen LogP contribution in [0.4, 0.5) is 11.5 Å². The topological polar surface area (TPSA) is 38.2 Å². The molecule has 0 unspecified atom stereocenters. The molecule has 0 saturated carbocycles. The van der Waals surface area contributed by atoms with E-state index in [-0.39, 0.29) is 0 Å². The van der Waals surface area contributed by atoms with E-state index in [4.69, 9.17) is 4.74 Å². The highest BCUT2D eigenvalue weighted by molar-refractivity contribution is 5.67. The lowest BCUT2D eigenvalue weighted by atomic mass is 10.1. The second-order valence-corrected chi connectivity index (χ2v) is 5.28. The number of nitrogens with zero attached hydrogens (tertiary/aromatic N) is 3. The van der Waals surface area contributed by atoms with Gasteiger partial charge in [0.05, 0.1) is 12.8 Å². The van der Waals surface area contributed by atoms with Crippen molar-refractivity contribution in [1.29, 1.82) is 0 Å². The van der Waals surface area contributed by atoms with Crippen molar-refractivity contribution in [2.24, 2.45) is 0 Å². The quantitative estimate of drug-likeness (QED) is 0.723. The maximum Gasteiger partial charge on any atom is 0.137 e. The molecule has 2 aromatic carbocycles. The molecule has 1 aromatic heterocycles. The number of aryl methyl sites for hydroxylation is 1. The Kier molecular flexibility index (Phi) is 4.24. The molecule has 116 valence electrons. The third-order valence-electron chi connectivity index (χ3n) is 3.70. The van der Waals surface area contributed by atoms with Crippen LogP contribution in [0.5, 0.6) is 5.75 Å². The lowest BCUT2D eigenvalue weighted by Gasteiger charge is -2.19. The Morgan fingerprint density at radius 3 is 2.26 bits per heavy atom. The predicted octanol–water partition coefficient (Wildman–Crippen LogP) is 4.23. The van der Waals surface area contributed by atoms with Crippen LogP contribution in [0.25, 0.3) is 11.3 Å². The second kappa shape index (κ2) is 6.48. The summed E-state index contributed by atoms with van der Waals surface area (Å²) < 4.78 is 5.21. The molecule has 23 heavy (non-hydrogen) atoms. The van der Waals surface area contributed by atoms with Crippen LogP contribution in [0, 0.1) is 6.92 Å². The molecule has 0 aliphatic rings. The van der Waals surface area contributed by atoms with Crippen LogP contribution >= 0.6 is 0 Å². The van der Waals surface area contributed by atoms with Crippen molar-refractivity contribution >= 4 is 11.5 Å². The first-order chi connectivity index (χ1) is 11.2. The van der Waals surface area contributed by atoms with E-state index in [9.17, 15) is 0 Å². The highest BCUT2D eigenvalue weighted by Crippen LogP contribution is 2.27. The van der Waals surface area contributed by atoms with Gasteiger partial charge in [0.1, 0.15) is 17.4 Å². The predicted molar refractivity (Wildman–Crippen MR) is 93.3 cm³/mol. The Morgan fingerprint density at radius 2 is 1.61 bits per heavy atom. The molecule has 4 nitrogen and oxygen atoms in total. The summed E-state index contributed by atoms with van der Waals surface area (Å²) in [5, 5.41) is 0. The van der Waals surface area contributed by atoms with E-state index < -0.39 is 0 Å². The summed E-state index contributed by atoms with van der Waals surface area (Å²) in [6.07, 6.45) is 0. The second-order valence-electron chi connectivity index (χ2n) is 5.28. The number of rotatable bonds is 4. The van der Waals surface area contributed by atoms with Crippen LogP contribution in [0.1, 0.15) is 5.82 Å². The fourth-order valence-electron chi connectivity index (χ4n) is 2.42. The first-order valence-electron chi connectivity index (χ1n) is 7.46. The Morgan fingerprint density at radius 1 is 0.913 bits per heavy atom. The molecule has 0 aliphatic carbocycles. The molecule has 1 heterocycles. The zero-order valence-electron chi connectivity index (χ0n) is 13.5. The van der Waals surface area contributed by atoms with Crippen molar-refractivity contribution in [2.75, 3.05) is 19.1 Å². The summed E-state index contributed by atoms with van der Waals surface area (Å²) in [5.74, 6) is 2.45. The van der Waals surface area contributed by atoms with Gasteiger partial charge in [-0.25, -0.2) is 9.97 Å². The maximum absolute atomic E-state index is 5.21. The highest BCUT2D eigenvalue weighted by atomic mass is 16.5. The number of benzene rings is 2. The van der Waals surface area contributed by atoms with Gasteiger partial charge in [-0.1, -0.05) is 30.3 Å². The van der Waals surface area contributed by atoms with Gasteiger partial charge in [-0.2, -0.15) is 0 Å². The van der Waals surface area contributed by atoms with Crippen LogP contribution in [-0.2, 0) is 0 Å². The van der Waals surface area contributed by atoms with Crippen LogP contribution < -0.4 is 9.64 Å². The molecule has 0 amide bonds. The third kappa shape index (κ3) is 3.31. The molecule has 0 spiro atoms. The van der Waals surface area contributed by atoms with Crippen molar-refractivity contribution in [1.82, 2.24) is 9.97 Å². The largest absolute Gasteiger partial charge is 0.497 e. The molecular formula is C19H19N3O. The van der Waals surface area contributed by atoms with Gasteiger partial charge >= 0.3 is 0 Å². The van der Waals surface area contributed by atoms with E-state index in [1.165, 1.54) is 0 Å². The minimum atomic E-state index is 0.752. The van der Waals surface area contributed by atoms with E-state index in [0.717, 1.165) is 34.3 Å². The summed E-state index contributed by atoms with van der Waals surface area (Å²) in [4.78, 5) is 11.2. The van der Waals surface area contributed by atoms with E-state index in [1.807, 2.05) is 67.4 Å². The Balaban J connectivity index is 1.97. The monoisotopic (exact) mass is 305 g/mol.